The van der Waals surface area contributed by atoms with Crippen LogP contribution in [0.3, 0.4) is 0 Å². The first-order valence-electron chi connectivity index (χ1n) is 5.03. The van der Waals surface area contributed by atoms with Gasteiger partial charge in [0.15, 0.2) is 0 Å². The molecular weight excluding hydrogens is 603 g/mol. The molecule has 0 spiro atoms. The molecule has 18 heavy (non-hydrogen) atoms. The molecule has 2 aromatic rings. The van der Waals surface area contributed by atoms with E-state index in [0.29, 0.717) is 0 Å². The minimum Gasteiger partial charge on any atom is -0.0786 e. The van der Waals surface area contributed by atoms with Gasteiger partial charge in [-0.2, -0.15) is 0 Å². The molecule has 2 rings (SSSR count). The van der Waals surface area contributed by atoms with Crippen molar-refractivity contribution >= 4 is 86.3 Å². The fourth-order valence-corrected chi connectivity index (χ4v) is 4.96. The lowest BCUT2D eigenvalue weighted by Crippen LogP contribution is -1.97. The Kier molecular flexibility index (Phi) is 5.76. The number of rotatable bonds is 2. The van der Waals surface area contributed by atoms with Crippen molar-refractivity contribution in [1.29, 1.82) is 0 Å². The zero-order valence-electron chi connectivity index (χ0n) is 8.93. The number of alkyl halides is 1. The van der Waals surface area contributed by atoms with E-state index < -0.39 is 0 Å². The van der Waals surface area contributed by atoms with Gasteiger partial charge in [-0.1, -0.05) is 63.7 Å². The van der Waals surface area contributed by atoms with E-state index in [9.17, 15) is 0 Å². The molecule has 1 atom stereocenters. The average molecular weight is 610 g/mol. The Bertz CT molecular complexity index is 532. The minimum atomic E-state index is 0.161. The van der Waals surface area contributed by atoms with E-state index in [1.165, 1.54) is 14.7 Å². The molecule has 0 radical (unpaired) electrons. The molecule has 0 aromatic heterocycles. The lowest BCUT2D eigenvalue weighted by atomic mass is 10.1. The normalized spacial score (nSPS) is 12.5. The van der Waals surface area contributed by atoms with Gasteiger partial charge in [-0.3, -0.25) is 0 Å². The van der Waals surface area contributed by atoms with Crippen LogP contribution in [-0.2, 0) is 0 Å². The Morgan fingerprint density at radius 2 is 1.39 bits per heavy atom. The molecule has 0 N–H and O–H groups in total. The number of hydrogen-bond acceptors (Lipinski definition) is 0. The second-order valence-corrected chi connectivity index (χ2v) is 8.46. The van der Waals surface area contributed by atoms with Crippen LogP contribution in [-0.4, -0.2) is 0 Å². The third-order valence-corrected chi connectivity index (χ3v) is 6.14. The molecule has 0 heterocycles. The van der Waals surface area contributed by atoms with Crippen molar-refractivity contribution in [3.05, 3.63) is 64.5 Å². The van der Waals surface area contributed by atoms with E-state index in [-0.39, 0.29) is 4.83 Å². The Morgan fingerprint density at radius 3 is 2.06 bits per heavy atom. The van der Waals surface area contributed by atoms with Gasteiger partial charge in [-0.15, -0.1) is 0 Å². The SMILES string of the molecule is Brc1ccc(Br)c(C(Br)c2cc(Br)ccc2I)c1. The summed E-state index contributed by atoms with van der Waals surface area (Å²) in [5.41, 5.74) is 2.46. The summed E-state index contributed by atoms with van der Waals surface area (Å²) in [6.07, 6.45) is 0. The number of hydrogen-bond donors (Lipinski definition) is 0. The first-order valence-corrected chi connectivity index (χ1v) is 9.40. The zero-order chi connectivity index (χ0) is 13.3. The standard InChI is InChI=1S/C13H7Br4I/c14-7-1-3-11(16)9(5-7)13(17)10-6-8(15)2-4-12(10)18/h1-6,13H. The summed E-state index contributed by atoms with van der Waals surface area (Å²) >= 11 is 16.8. The van der Waals surface area contributed by atoms with Gasteiger partial charge >= 0.3 is 0 Å². The van der Waals surface area contributed by atoms with Crippen molar-refractivity contribution in [2.75, 3.05) is 0 Å². The molecule has 1 unspecified atom stereocenters. The zero-order valence-corrected chi connectivity index (χ0v) is 17.4. The van der Waals surface area contributed by atoms with E-state index in [1.54, 1.807) is 0 Å². The molecule has 0 fully saturated rings. The van der Waals surface area contributed by atoms with Gasteiger partial charge in [0, 0.05) is 17.0 Å². The Balaban J connectivity index is 2.50. The van der Waals surface area contributed by atoms with Crippen molar-refractivity contribution in [3.63, 3.8) is 0 Å². The van der Waals surface area contributed by atoms with Gasteiger partial charge in [-0.25, -0.2) is 0 Å². The lowest BCUT2D eigenvalue weighted by molar-refractivity contribution is 1.14. The first kappa shape index (κ1) is 15.5. The number of benzene rings is 2. The molecular formula is C13H7Br4I. The van der Waals surface area contributed by atoms with Crippen molar-refractivity contribution in [2.45, 2.75) is 4.83 Å². The largest absolute Gasteiger partial charge is 0.0786 e. The molecule has 0 amide bonds. The van der Waals surface area contributed by atoms with Crippen LogP contribution in [0, 0.1) is 3.57 Å². The second kappa shape index (κ2) is 6.70. The Morgan fingerprint density at radius 1 is 0.833 bits per heavy atom. The van der Waals surface area contributed by atoms with Crippen molar-refractivity contribution in [1.82, 2.24) is 0 Å². The maximum atomic E-state index is 3.79. The number of halogens is 5. The molecule has 0 nitrogen and oxygen atoms in total. The maximum absolute atomic E-state index is 3.79. The van der Waals surface area contributed by atoms with E-state index in [4.69, 9.17) is 0 Å². The summed E-state index contributed by atoms with van der Waals surface area (Å²) in [5, 5.41) is 0. The molecule has 0 saturated heterocycles. The van der Waals surface area contributed by atoms with Crippen molar-refractivity contribution in [3.8, 4) is 0 Å². The molecule has 0 saturated carbocycles. The predicted octanol–water partition coefficient (Wildman–Crippen LogP) is 7.06. The highest BCUT2D eigenvalue weighted by molar-refractivity contribution is 14.1. The van der Waals surface area contributed by atoms with E-state index in [2.05, 4.69) is 117 Å². The van der Waals surface area contributed by atoms with E-state index >= 15 is 0 Å². The smallest absolute Gasteiger partial charge is 0.0666 e. The van der Waals surface area contributed by atoms with Crippen molar-refractivity contribution in [2.24, 2.45) is 0 Å². The van der Waals surface area contributed by atoms with Gasteiger partial charge < -0.3 is 0 Å². The van der Waals surface area contributed by atoms with E-state index in [1.807, 2.05) is 6.07 Å². The summed E-state index contributed by atoms with van der Waals surface area (Å²) in [6, 6.07) is 12.5. The third-order valence-electron chi connectivity index (χ3n) is 2.46. The monoisotopic (exact) mass is 606 g/mol. The van der Waals surface area contributed by atoms with Crippen LogP contribution in [0.1, 0.15) is 16.0 Å². The summed E-state index contributed by atoms with van der Waals surface area (Å²) in [5.74, 6) is 0. The van der Waals surface area contributed by atoms with Gasteiger partial charge in [0.2, 0.25) is 0 Å². The fourth-order valence-electron chi connectivity index (χ4n) is 1.59. The van der Waals surface area contributed by atoms with Crippen LogP contribution in [0.2, 0.25) is 0 Å². The van der Waals surface area contributed by atoms with Gasteiger partial charge in [-0.05, 0) is 70.1 Å². The third kappa shape index (κ3) is 3.59. The summed E-state index contributed by atoms with van der Waals surface area (Å²) in [4.78, 5) is 0.161. The van der Waals surface area contributed by atoms with Gasteiger partial charge in [0.25, 0.3) is 0 Å². The Labute approximate surface area is 154 Å². The molecule has 94 valence electrons. The first-order chi connectivity index (χ1) is 8.49. The minimum absolute atomic E-state index is 0.161. The lowest BCUT2D eigenvalue weighted by Gasteiger charge is -2.15. The van der Waals surface area contributed by atoms with Crippen LogP contribution < -0.4 is 0 Å². The molecule has 0 aliphatic heterocycles. The Hall–Kier alpha value is 1.09. The highest BCUT2D eigenvalue weighted by atomic mass is 127. The van der Waals surface area contributed by atoms with Gasteiger partial charge in [0.05, 0.1) is 4.83 Å². The maximum Gasteiger partial charge on any atom is 0.0666 e. The highest BCUT2D eigenvalue weighted by Crippen LogP contribution is 2.39. The molecule has 0 aliphatic rings. The van der Waals surface area contributed by atoms with Crippen molar-refractivity contribution < 1.29 is 0 Å². The van der Waals surface area contributed by atoms with Crippen LogP contribution >= 0.6 is 86.3 Å². The summed E-state index contributed by atoms with van der Waals surface area (Å²) < 4.78 is 4.51. The van der Waals surface area contributed by atoms with Crippen LogP contribution in [0.15, 0.2) is 49.8 Å². The van der Waals surface area contributed by atoms with Crippen LogP contribution in [0.5, 0.6) is 0 Å². The van der Waals surface area contributed by atoms with Crippen LogP contribution in [0.4, 0.5) is 0 Å². The molecule has 2 aromatic carbocycles. The molecule has 0 bridgehead atoms. The topological polar surface area (TPSA) is 0 Å². The van der Waals surface area contributed by atoms with Crippen LogP contribution in [0.25, 0.3) is 0 Å². The summed E-state index contributed by atoms with van der Waals surface area (Å²) in [6.45, 7) is 0. The molecule has 0 aliphatic carbocycles. The highest BCUT2D eigenvalue weighted by Gasteiger charge is 2.16. The molecule has 5 heteroatoms. The fraction of sp³-hybridized carbons (Fsp3) is 0.0769. The summed E-state index contributed by atoms with van der Waals surface area (Å²) in [7, 11) is 0. The second-order valence-electron chi connectivity index (χ2n) is 3.69. The predicted molar refractivity (Wildman–Crippen MR) is 99.5 cm³/mol. The van der Waals surface area contributed by atoms with Gasteiger partial charge in [0.1, 0.15) is 0 Å². The quantitative estimate of drug-likeness (QED) is 0.253. The average Bonchev–Trinajstić information content (AvgIpc) is 2.34. The van der Waals surface area contributed by atoms with E-state index in [0.717, 1.165) is 13.4 Å².